The molecule has 0 saturated carbocycles. The molecule has 20 heavy (non-hydrogen) atoms. The van der Waals surface area contributed by atoms with Crippen LogP contribution in [0.2, 0.25) is 0 Å². The fourth-order valence-corrected chi connectivity index (χ4v) is 3.48. The summed E-state index contributed by atoms with van der Waals surface area (Å²) in [7, 11) is -4.31. The zero-order chi connectivity index (χ0) is 14.9. The van der Waals surface area contributed by atoms with Crippen LogP contribution in [0.15, 0.2) is 20.7 Å². The SMILES string of the molecule is O=C(O)C1CNCCN1S(=O)(=O)c1c[nH]c(=O)[nH]c1=O. The largest absolute Gasteiger partial charge is 0.480 e. The van der Waals surface area contributed by atoms with Crippen molar-refractivity contribution >= 4 is 16.0 Å². The lowest BCUT2D eigenvalue weighted by Gasteiger charge is -2.31. The number of hydrogen-bond acceptors (Lipinski definition) is 6. The van der Waals surface area contributed by atoms with Gasteiger partial charge in [-0.15, -0.1) is 0 Å². The minimum absolute atomic E-state index is 0.0597. The molecule has 10 nitrogen and oxygen atoms in total. The Morgan fingerprint density at radius 3 is 2.70 bits per heavy atom. The van der Waals surface area contributed by atoms with Gasteiger partial charge < -0.3 is 15.4 Å². The first-order chi connectivity index (χ1) is 9.34. The Hall–Kier alpha value is -1.98. The smallest absolute Gasteiger partial charge is 0.325 e. The normalized spacial score (nSPS) is 20.7. The van der Waals surface area contributed by atoms with Gasteiger partial charge in [-0.1, -0.05) is 0 Å². The predicted molar refractivity (Wildman–Crippen MR) is 65.9 cm³/mol. The average molecular weight is 304 g/mol. The van der Waals surface area contributed by atoms with Gasteiger partial charge in [-0.3, -0.25) is 14.6 Å². The third-order valence-electron chi connectivity index (χ3n) is 2.85. The summed E-state index contributed by atoms with van der Waals surface area (Å²) in [5.41, 5.74) is -1.93. The molecule has 11 heteroatoms. The molecule has 4 N–H and O–H groups in total. The number of aliphatic carboxylic acids is 1. The van der Waals surface area contributed by atoms with Gasteiger partial charge in [0, 0.05) is 25.8 Å². The Morgan fingerprint density at radius 1 is 1.40 bits per heavy atom. The first-order valence-corrected chi connectivity index (χ1v) is 7.05. The number of H-pyrrole nitrogens is 2. The van der Waals surface area contributed by atoms with Crippen LogP contribution in [0, 0.1) is 0 Å². The minimum Gasteiger partial charge on any atom is -0.480 e. The van der Waals surface area contributed by atoms with E-state index in [-0.39, 0.29) is 19.6 Å². The van der Waals surface area contributed by atoms with E-state index in [4.69, 9.17) is 5.11 Å². The van der Waals surface area contributed by atoms with Crippen LogP contribution in [0.5, 0.6) is 0 Å². The third kappa shape index (κ3) is 2.50. The number of carbonyl (C=O) groups is 1. The molecule has 1 unspecified atom stereocenters. The van der Waals surface area contributed by atoms with Gasteiger partial charge in [-0.05, 0) is 0 Å². The Labute approximate surface area is 112 Å². The van der Waals surface area contributed by atoms with Crippen molar-refractivity contribution in [3.05, 3.63) is 27.0 Å². The maximum Gasteiger partial charge on any atom is 0.325 e. The molecule has 2 rings (SSSR count). The molecule has 0 spiro atoms. The van der Waals surface area contributed by atoms with Crippen molar-refractivity contribution in [1.29, 1.82) is 0 Å². The maximum atomic E-state index is 12.3. The van der Waals surface area contributed by atoms with Gasteiger partial charge in [0.1, 0.15) is 6.04 Å². The highest BCUT2D eigenvalue weighted by Gasteiger charge is 2.38. The van der Waals surface area contributed by atoms with Crippen LogP contribution in [-0.2, 0) is 14.8 Å². The molecule has 1 aliphatic heterocycles. The van der Waals surface area contributed by atoms with Gasteiger partial charge in [0.15, 0.2) is 4.90 Å². The van der Waals surface area contributed by atoms with Crippen molar-refractivity contribution in [2.45, 2.75) is 10.9 Å². The fourth-order valence-electron chi connectivity index (χ4n) is 1.90. The summed E-state index contributed by atoms with van der Waals surface area (Å²) < 4.78 is 25.4. The molecule has 0 aromatic carbocycles. The summed E-state index contributed by atoms with van der Waals surface area (Å²) in [5, 5.41) is 11.8. The van der Waals surface area contributed by atoms with E-state index in [1.165, 1.54) is 0 Å². The van der Waals surface area contributed by atoms with Crippen LogP contribution in [0.1, 0.15) is 0 Å². The number of carboxylic acids is 1. The molecule has 1 aromatic rings. The van der Waals surface area contributed by atoms with Crippen LogP contribution in [0.3, 0.4) is 0 Å². The van der Waals surface area contributed by atoms with Gasteiger partial charge in [-0.2, -0.15) is 4.31 Å². The number of aromatic amines is 2. The fraction of sp³-hybridized carbons (Fsp3) is 0.444. The second kappa shape index (κ2) is 5.19. The first kappa shape index (κ1) is 14.4. The molecule has 1 aromatic heterocycles. The lowest BCUT2D eigenvalue weighted by Crippen LogP contribution is -2.57. The number of piperazine rings is 1. The van der Waals surface area contributed by atoms with Crippen molar-refractivity contribution in [3.8, 4) is 0 Å². The molecule has 1 atom stereocenters. The summed E-state index contributed by atoms with van der Waals surface area (Å²) in [6.45, 7) is 0.123. The number of rotatable bonds is 3. The monoisotopic (exact) mass is 304 g/mol. The lowest BCUT2D eigenvalue weighted by molar-refractivity contribution is -0.141. The quantitative estimate of drug-likeness (QED) is 0.467. The molecule has 1 fully saturated rings. The van der Waals surface area contributed by atoms with Crippen molar-refractivity contribution in [1.82, 2.24) is 19.6 Å². The van der Waals surface area contributed by atoms with Gasteiger partial charge >= 0.3 is 11.7 Å². The van der Waals surface area contributed by atoms with Gasteiger partial charge in [0.05, 0.1) is 0 Å². The van der Waals surface area contributed by atoms with E-state index < -0.39 is 38.2 Å². The molecule has 110 valence electrons. The Kier molecular flexibility index (Phi) is 3.74. The number of sulfonamides is 1. The second-order valence-corrected chi connectivity index (χ2v) is 5.97. The summed E-state index contributed by atoms with van der Waals surface area (Å²) in [6, 6.07) is -1.31. The second-order valence-electron chi connectivity index (χ2n) is 4.11. The molecular formula is C9H12N4O6S. The number of carboxylic acid groups (broad SMARTS) is 1. The molecule has 0 radical (unpaired) electrons. The first-order valence-electron chi connectivity index (χ1n) is 5.61. The molecule has 2 heterocycles. The standard InChI is InChI=1S/C9H12N4O6S/c14-7-6(4-11-9(17)12-7)20(18,19)13-2-1-10-3-5(13)8(15)16/h4-5,10H,1-3H2,(H,15,16)(H2,11,12,14,17). The molecule has 1 aliphatic rings. The van der Waals surface area contributed by atoms with E-state index in [9.17, 15) is 22.8 Å². The molecule has 1 saturated heterocycles. The molecule has 0 aliphatic carbocycles. The van der Waals surface area contributed by atoms with Crippen molar-refractivity contribution in [2.75, 3.05) is 19.6 Å². The average Bonchev–Trinajstić information content (AvgIpc) is 2.38. The number of nitrogens with one attached hydrogen (secondary N) is 3. The third-order valence-corrected chi connectivity index (χ3v) is 4.76. The van der Waals surface area contributed by atoms with E-state index in [0.29, 0.717) is 0 Å². The van der Waals surface area contributed by atoms with E-state index >= 15 is 0 Å². The van der Waals surface area contributed by atoms with Crippen LogP contribution < -0.4 is 16.6 Å². The minimum atomic E-state index is -4.31. The number of hydrogen-bond donors (Lipinski definition) is 4. The number of nitrogens with zero attached hydrogens (tertiary/aromatic N) is 1. The molecular weight excluding hydrogens is 292 g/mol. The topological polar surface area (TPSA) is 152 Å². The Bertz CT molecular complexity index is 735. The van der Waals surface area contributed by atoms with E-state index in [1.54, 1.807) is 4.98 Å². The summed E-state index contributed by atoms with van der Waals surface area (Å²) in [5.74, 6) is -1.32. The predicted octanol–water partition coefficient (Wildman–Crippen LogP) is -2.89. The summed E-state index contributed by atoms with van der Waals surface area (Å²) in [6.07, 6.45) is 0.761. The van der Waals surface area contributed by atoms with E-state index in [1.807, 2.05) is 4.98 Å². The highest BCUT2D eigenvalue weighted by Crippen LogP contribution is 2.15. The Morgan fingerprint density at radius 2 is 2.10 bits per heavy atom. The highest BCUT2D eigenvalue weighted by molar-refractivity contribution is 7.89. The summed E-state index contributed by atoms with van der Waals surface area (Å²) >= 11 is 0. The maximum absolute atomic E-state index is 12.3. The van der Waals surface area contributed by atoms with Crippen molar-refractivity contribution < 1.29 is 18.3 Å². The zero-order valence-corrected chi connectivity index (χ0v) is 10.9. The summed E-state index contributed by atoms with van der Waals surface area (Å²) in [4.78, 5) is 36.7. The van der Waals surface area contributed by atoms with E-state index in [2.05, 4.69) is 5.32 Å². The molecule has 0 amide bonds. The van der Waals surface area contributed by atoms with Crippen LogP contribution in [0.4, 0.5) is 0 Å². The van der Waals surface area contributed by atoms with Gasteiger partial charge in [0.2, 0.25) is 0 Å². The lowest BCUT2D eigenvalue weighted by atomic mass is 10.2. The van der Waals surface area contributed by atoms with Crippen molar-refractivity contribution in [3.63, 3.8) is 0 Å². The van der Waals surface area contributed by atoms with Crippen molar-refractivity contribution in [2.24, 2.45) is 0 Å². The molecule has 0 bridgehead atoms. The van der Waals surface area contributed by atoms with Gasteiger partial charge in [-0.25, -0.2) is 13.2 Å². The van der Waals surface area contributed by atoms with E-state index in [0.717, 1.165) is 10.5 Å². The van der Waals surface area contributed by atoms with Crippen LogP contribution in [0.25, 0.3) is 0 Å². The van der Waals surface area contributed by atoms with Crippen LogP contribution in [-0.4, -0.2) is 59.4 Å². The van der Waals surface area contributed by atoms with Gasteiger partial charge in [0.25, 0.3) is 15.6 Å². The highest BCUT2D eigenvalue weighted by atomic mass is 32.2. The number of aromatic nitrogens is 2. The Balaban J connectivity index is 2.50. The van der Waals surface area contributed by atoms with Crippen LogP contribution >= 0.6 is 0 Å². The zero-order valence-electron chi connectivity index (χ0n) is 10.1.